The molecule has 1 fully saturated rings. The van der Waals surface area contributed by atoms with Crippen LogP contribution in [0.5, 0.6) is 0 Å². The van der Waals surface area contributed by atoms with Gasteiger partial charge in [0, 0.05) is 7.11 Å². The fourth-order valence-electron chi connectivity index (χ4n) is 1.70. The molecule has 0 heterocycles. The summed E-state index contributed by atoms with van der Waals surface area (Å²) in [5, 5.41) is 0. The van der Waals surface area contributed by atoms with Crippen LogP contribution in [0.25, 0.3) is 0 Å². The van der Waals surface area contributed by atoms with Crippen molar-refractivity contribution < 1.29 is 9.47 Å². The maximum atomic E-state index is 5.50. The maximum absolute atomic E-state index is 5.50. The molecule has 1 aliphatic carbocycles. The number of rotatable bonds is 3. The number of hydrogen-bond donors (Lipinski definition) is 0. The van der Waals surface area contributed by atoms with E-state index in [1.165, 1.54) is 25.7 Å². The lowest BCUT2D eigenvalue weighted by Crippen LogP contribution is -2.26. The van der Waals surface area contributed by atoms with Crippen LogP contribution in [0, 0.1) is 5.41 Å². The van der Waals surface area contributed by atoms with Crippen LogP contribution in [-0.2, 0) is 9.47 Å². The molecule has 12 heavy (non-hydrogen) atoms. The number of methoxy groups -OCH3 is 1. The Bertz CT molecular complexity index is 122. The predicted octanol–water partition coefficient (Wildman–Crippen LogP) is 2.58. The Kier molecular flexibility index (Phi) is 3.53. The van der Waals surface area contributed by atoms with Crippen LogP contribution in [0.15, 0.2) is 0 Å². The summed E-state index contributed by atoms with van der Waals surface area (Å²) in [7, 11) is 1.67. The highest BCUT2D eigenvalue weighted by atomic mass is 16.7. The Morgan fingerprint density at radius 1 is 1.25 bits per heavy atom. The molecule has 2 heteroatoms. The number of ether oxygens (including phenoxy) is 2. The van der Waals surface area contributed by atoms with E-state index in [0.717, 1.165) is 0 Å². The minimum Gasteiger partial charge on any atom is -0.359 e. The van der Waals surface area contributed by atoms with Crippen molar-refractivity contribution in [3.8, 4) is 0 Å². The van der Waals surface area contributed by atoms with Crippen molar-refractivity contribution in [2.75, 3.05) is 13.9 Å². The van der Waals surface area contributed by atoms with Gasteiger partial charge in [0.05, 0.1) is 6.10 Å². The SMILES string of the molecule is COCOC1CCC(C)(C)CC1. The van der Waals surface area contributed by atoms with Gasteiger partial charge in [-0.25, -0.2) is 0 Å². The summed E-state index contributed by atoms with van der Waals surface area (Å²) < 4.78 is 10.4. The fraction of sp³-hybridized carbons (Fsp3) is 1.00. The van der Waals surface area contributed by atoms with Crippen LogP contribution < -0.4 is 0 Å². The second-order valence-electron chi connectivity index (χ2n) is 4.44. The van der Waals surface area contributed by atoms with Gasteiger partial charge in [0.2, 0.25) is 0 Å². The summed E-state index contributed by atoms with van der Waals surface area (Å²) in [6, 6.07) is 0. The highest BCUT2D eigenvalue weighted by Crippen LogP contribution is 2.35. The summed E-state index contributed by atoms with van der Waals surface area (Å²) in [5.74, 6) is 0. The molecule has 0 aliphatic heterocycles. The molecule has 0 atom stereocenters. The fourth-order valence-corrected chi connectivity index (χ4v) is 1.70. The van der Waals surface area contributed by atoms with E-state index < -0.39 is 0 Å². The normalized spacial score (nSPS) is 24.2. The van der Waals surface area contributed by atoms with Gasteiger partial charge in [0.25, 0.3) is 0 Å². The van der Waals surface area contributed by atoms with Crippen LogP contribution in [0.4, 0.5) is 0 Å². The van der Waals surface area contributed by atoms with Gasteiger partial charge in [-0.3, -0.25) is 0 Å². The molecule has 0 aromatic rings. The lowest BCUT2D eigenvalue weighted by atomic mass is 9.76. The highest BCUT2D eigenvalue weighted by Gasteiger charge is 2.26. The van der Waals surface area contributed by atoms with Gasteiger partial charge in [-0.15, -0.1) is 0 Å². The van der Waals surface area contributed by atoms with Gasteiger partial charge in [0.15, 0.2) is 0 Å². The Balaban J connectivity index is 2.18. The van der Waals surface area contributed by atoms with Gasteiger partial charge < -0.3 is 9.47 Å². The first-order valence-electron chi connectivity index (χ1n) is 4.74. The third-order valence-corrected chi connectivity index (χ3v) is 2.71. The topological polar surface area (TPSA) is 18.5 Å². The molecule has 72 valence electrons. The standard InChI is InChI=1S/C10H20O2/c1-10(2)6-4-9(5-7-10)12-8-11-3/h9H,4-8H2,1-3H3. The van der Waals surface area contributed by atoms with E-state index >= 15 is 0 Å². The summed E-state index contributed by atoms with van der Waals surface area (Å²) >= 11 is 0. The van der Waals surface area contributed by atoms with E-state index in [9.17, 15) is 0 Å². The Hall–Kier alpha value is -0.0800. The molecule has 1 aliphatic rings. The Labute approximate surface area is 75.2 Å². The largest absolute Gasteiger partial charge is 0.359 e. The van der Waals surface area contributed by atoms with Crippen molar-refractivity contribution in [1.82, 2.24) is 0 Å². The molecule has 0 spiro atoms. The summed E-state index contributed by atoms with van der Waals surface area (Å²) in [5.41, 5.74) is 0.535. The van der Waals surface area contributed by atoms with Crippen molar-refractivity contribution in [1.29, 1.82) is 0 Å². The summed E-state index contributed by atoms with van der Waals surface area (Å²) in [6.45, 7) is 5.12. The van der Waals surface area contributed by atoms with E-state index in [-0.39, 0.29) is 0 Å². The molecule has 0 aromatic heterocycles. The molecule has 1 saturated carbocycles. The second-order valence-corrected chi connectivity index (χ2v) is 4.44. The molecule has 1 rings (SSSR count). The monoisotopic (exact) mass is 172 g/mol. The van der Waals surface area contributed by atoms with Crippen molar-refractivity contribution in [2.45, 2.75) is 45.6 Å². The molecule has 0 radical (unpaired) electrons. The van der Waals surface area contributed by atoms with Crippen LogP contribution in [0.2, 0.25) is 0 Å². The van der Waals surface area contributed by atoms with E-state index in [1.807, 2.05) is 0 Å². The second kappa shape index (κ2) is 4.24. The van der Waals surface area contributed by atoms with Crippen LogP contribution in [0.1, 0.15) is 39.5 Å². The molecule has 0 aromatic carbocycles. The third kappa shape index (κ3) is 3.11. The van der Waals surface area contributed by atoms with E-state index in [2.05, 4.69) is 13.8 Å². The van der Waals surface area contributed by atoms with Crippen LogP contribution in [-0.4, -0.2) is 20.0 Å². The van der Waals surface area contributed by atoms with Crippen molar-refractivity contribution in [3.63, 3.8) is 0 Å². The average molecular weight is 172 g/mol. The molecule has 2 nitrogen and oxygen atoms in total. The Morgan fingerprint density at radius 2 is 1.83 bits per heavy atom. The smallest absolute Gasteiger partial charge is 0.146 e. The van der Waals surface area contributed by atoms with E-state index in [4.69, 9.17) is 9.47 Å². The van der Waals surface area contributed by atoms with Gasteiger partial charge in [-0.1, -0.05) is 13.8 Å². The Morgan fingerprint density at radius 3 is 2.33 bits per heavy atom. The zero-order valence-corrected chi connectivity index (χ0v) is 8.43. The van der Waals surface area contributed by atoms with E-state index in [1.54, 1.807) is 7.11 Å². The first kappa shape index (κ1) is 10.0. The summed E-state index contributed by atoms with van der Waals surface area (Å²) in [6.07, 6.45) is 5.38. The lowest BCUT2D eigenvalue weighted by molar-refractivity contribution is -0.0905. The van der Waals surface area contributed by atoms with Crippen molar-refractivity contribution in [2.24, 2.45) is 5.41 Å². The van der Waals surface area contributed by atoms with Crippen molar-refractivity contribution in [3.05, 3.63) is 0 Å². The van der Waals surface area contributed by atoms with Gasteiger partial charge in [-0.05, 0) is 31.1 Å². The molecular formula is C10H20O2. The zero-order valence-electron chi connectivity index (χ0n) is 8.43. The minimum absolute atomic E-state index is 0.443. The predicted molar refractivity (Wildman–Crippen MR) is 49.0 cm³/mol. The molecule has 0 unspecified atom stereocenters. The molecular weight excluding hydrogens is 152 g/mol. The van der Waals surface area contributed by atoms with Gasteiger partial charge >= 0.3 is 0 Å². The molecule has 0 amide bonds. The first-order valence-corrected chi connectivity index (χ1v) is 4.74. The molecule has 0 N–H and O–H groups in total. The minimum atomic E-state index is 0.443. The summed E-state index contributed by atoms with van der Waals surface area (Å²) in [4.78, 5) is 0. The quantitative estimate of drug-likeness (QED) is 0.609. The first-order chi connectivity index (χ1) is 5.64. The van der Waals surface area contributed by atoms with Crippen LogP contribution in [0.3, 0.4) is 0 Å². The van der Waals surface area contributed by atoms with Crippen molar-refractivity contribution >= 4 is 0 Å². The average Bonchev–Trinajstić information content (AvgIpc) is 2.03. The molecule has 0 saturated heterocycles. The third-order valence-electron chi connectivity index (χ3n) is 2.71. The lowest BCUT2D eigenvalue weighted by Gasteiger charge is -2.33. The van der Waals surface area contributed by atoms with Gasteiger partial charge in [-0.2, -0.15) is 0 Å². The molecule has 0 bridgehead atoms. The number of hydrogen-bond acceptors (Lipinski definition) is 2. The van der Waals surface area contributed by atoms with Gasteiger partial charge in [0.1, 0.15) is 6.79 Å². The van der Waals surface area contributed by atoms with E-state index in [0.29, 0.717) is 18.3 Å². The highest BCUT2D eigenvalue weighted by molar-refractivity contribution is 4.78. The maximum Gasteiger partial charge on any atom is 0.146 e. The zero-order chi connectivity index (χ0) is 9.03. The van der Waals surface area contributed by atoms with Crippen LogP contribution >= 0.6 is 0 Å².